The van der Waals surface area contributed by atoms with E-state index in [1.54, 1.807) is 24.3 Å². The largest absolute Gasteiger partial charge is 0.380 e. The summed E-state index contributed by atoms with van der Waals surface area (Å²) >= 11 is 0. The van der Waals surface area contributed by atoms with Crippen LogP contribution in [0.25, 0.3) is 0 Å². The number of hydrogen-bond acceptors (Lipinski definition) is 5. The Balaban J connectivity index is 2.37. The van der Waals surface area contributed by atoms with Crippen molar-refractivity contribution in [1.29, 1.82) is 0 Å². The third-order valence-electron chi connectivity index (χ3n) is 4.25. The van der Waals surface area contributed by atoms with Crippen molar-refractivity contribution in [3.8, 4) is 0 Å². The summed E-state index contributed by atoms with van der Waals surface area (Å²) < 4.78 is 40.1. The van der Waals surface area contributed by atoms with Crippen molar-refractivity contribution in [2.75, 3.05) is 49.1 Å². The number of benzene rings is 2. The van der Waals surface area contributed by atoms with Gasteiger partial charge in [-0.3, -0.25) is 4.72 Å². The Morgan fingerprint density at radius 2 is 1.50 bits per heavy atom. The lowest BCUT2D eigenvalue weighted by atomic mass is 10.2. The molecule has 0 saturated carbocycles. The zero-order chi connectivity index (χ0) is 20.4. The normalized spacial score (nSPS) is 11.4. The standard InChI is InChI=1S/C21H30N2O4S/c1-4-26-16-14-23(15-17-27-5-2)20-13-9-10-18(3)21(20)28(24,25)22-19-11-7-6-8-12-19/h6-13,22H,4-5,14-17H2,1-3H3. The zero-order valence-corrected chi connectivity index (χ0v) is 17.7. The highest BCUT2D eigenvalue weighted by atomic mass is 32.2. The molecule has 0 atom stereocenters. The molecular formula is C21H30N2O4S. The summed E-state index contributed by atoms with van der Waals surface area (Å²) in [5.74, 6) is 0. The van der Waals surface area contributed by atoms with Crippen molar-refractivity contribution in [3.05, 3.63) is 54.1 Å². The van der Waals surface area contributed by atoms with E-state index in [-0.39, 0.29) is 4.90 Å². The SMILES string of the molecule is CCOCCN(CCOCC)c1cccc(C)c1S(=O)(=O)Nc1ccccc1. The maximum atomic E-state index is 13.2. The van der Waals surface area contributed by atoms with Gasteiger partial charge in [0.1, 0.15) is 4.90 Å². The Bertz CT molecular complexity index is 816. The molecule has 1 N–H and O–H groups in total. The average molecular weight is 407 g/mol. The summed E-state index contributed by atoms with van der Waals surface area (Å²) in [5.41, 5.74) is 1.88. The van der Waals surface area contributed by atoms with Gasteiger partial charge in [-0.25, -0.2) is 8.42 Å². The van der Waals surface area contributed by atoms with Gasteiger partial charge in [0.25, 0.3) is 10.0 Å². The monoisotopic (exact) mass is 406 g/mol. The van der Waals surface area contributed by atoms with Gasteiger partial charge in [-0.15, -0.1) is 0 Å². The van der Waals surface area contributed by atoms with Gasteiger partial charge in [0, 0.05) is 32.0 Å². The van der Waals surface area contributed by atoms with Crippen molar-refractivity contribution in [3.63, 3.8) is 0 Å². The highest BCUT2D eigenvalue weighted by molar-refractivity contribution is 7.93. The Morgan fingerprint density at radius 3 is 2.07 bits per heavy atom. The van der Waals surface area contributed by atoms with Crippen LogP contribution in [0.15, 0.2) is 53.4 Å². The minimum Gasteiger partial charge on any atom is -0.380 e. The van der Waals surface area contributed by atoms with E-state index in [9.17, 15) is 8.42 Å². The first-order valence-electron chi connectivity index (χ1n) is 9.57. The van der Waals surface area contributed by atoms with Crippen LogP contribution in [0.2, 0.25) is 0 Å². The molecule has 0 aliphatic carbocycles. The molecule has 2 rings (SSSR count). The third-order valence-corrected chi connectivity index (χ3v) is 5.82. The minimum atomic E-state index is -3.75. The maximum Gasteiger partial charge on any atom is 0.264 e. The molecule has 7 heteroatoms. The molecule has 0 aromatic heterocycles. The summed E-state index contributed by atoms with van der Waals surface area (Å²) in [4.78, 5) is 2.30. The second-order valence-electron chi connectivity index (χ2n) is 6.28. The quantitative estimate of drug-likeness (QED) is 0.545. The average Bonchev–Trinajstić information content (AvgIpc) is 2.67. The maximum absolute atomic E-state index is 13.2. The van der Waals surface area contributed by atoms with E-state index in [4.69, 9.17) is 9.47 Å². The lowest BCUT2D eigenvalue weighted by Gasteiger charge is -2.28. The number of ether oxygens (including phenoxy) is 2. The van der Waals surface area contributed by atoms with Crippen molar-refractivity contribution >= 4 is 21.4 Å². The molecule has 0 spiro atoms. The minimum absolute atomic E-state index is 0.284. The number of hydrogen-bond donors (Lipinski definition) is 1. The van der Waals surface area contributed by atoms with Crippen LogP contribution in [0, 0.1) is 6.92 Å². The summed E-state index contributed by atoms with van der Waals surface area (Å²) in [5, 5.41) is 0. The van der Waals surface area contributed by atoms with Gasteiger partial charge < -0.3 is 14.4 Å². The molecule has 28 heavy (non-hydrogen) atoms. The van der Waals surface area contributed by atoms with E-state index in [0.29, 0.717) is 56.5 Å². The summed E-state index contributed by atoms with van der Waals surface area (Å²) in [6.45, 7) is 9.13. The van der Waals surface area contributed by atoms with Crippen LogP contribution in [-0.2, 0) is 19.5 Å². The smallest absolute Gasteiger partial charge is 0.264 e. The molecule has 0 unspecified atom stereocenters. The number of rotatable bonds is 12. The topological polar surface area (TPSA) is 67.9 Å². The number of aryl methyl sites for hydroxylation is 1. The molecule has 0 fully saturated rings. The van der Waals surface area contributed by atoms with E-state index >= 15 is 0 Å². The number of nitrogens with one attached hydrogen (secondary N) is 1. The summed E-state index contributed by atoms with van der Waals surface area (Å²) in [6.07, 6.45) is 0. The van der Waals surface area contributed by atoms with Crippen molar-refractivity contribution in [1.82, 2.24) is 0 Å². The van der Waals surface area contributed by atoms with E-state index in [1.807, 2.05) is 49.9 Å². The zero-order valence-electron chi connectivity index (χ0n) is 16.8. The molecule has 0 heterocycles. The molecule has 0 amide bonds. The fourth-order valence-electron chi connectivity index (χ4n) is 2.94. The van der Waals surface area contributed by atoms with Crippen molar-refractivity contribution < 1.29 is 17.9 Å². The predicted molar refractivity (Wildman–Crippen MR) is 114 cm³/mol. The molecular weight excluding hydrogens is 376 g/mol. The van der Waals surface area contributed by atoms with E-state index in [0.717, 1.165) is 0 Å². The van der Waals surface area contributed by atoms with Crippen LogP contribution >= 0.6 is 0 Å². The fourth-order valence-corrected chi connectivity index (χ4v) is 4.45. The number of nitrogens with zero attached hydrogens (tertiary/aromatic N) is 1. The lowest BCUT2D eigenvalue weighted by Crippen LogP contribution is -2.33. The molecule has 154 valence electrons. The van der Waals surface area contributed by atoms with Crippen LogP contribution in [0.4, 0.5) is 11.4 Å². The van der Waals surface area contributed by atoms with Gasteiger partial charge in [0.2, 0.25) is 0 Å². The van der Waals surface area contributed by atoms with Gasteiger partial charge in [0.15, 0.2) is 0 Å². The number of para-hydroxylation sites is 1. The van der Waals surface area contributed by atoms with Crippen LogP contribution in [0.1, 0.15) is 19.4 Å². The van der Waals surface area contributed by atoms with E-state index < -0.39 is 10.0 Å². The lowest BCUT2D eigenvalue weighted by molar-refractivity contribution is 0.141. The van der Waals surface area contributed by atoms with Crippen LogP contribution in [0.5, 0.6) is 0 Å². The van der Waals surface area contributed by atoms with Gasteiger partial charge in [0.05, 0.1) is 18.9 Å². The Kier molecular flexibility index (Phi) is 8.76. The van der Waals surface area contributed by atoms with Gasteiger partial charge in [-0.05, 0) is 44.5 Å². The molecule has 0 aliphatic rings. The molecule has 0 saturated heterocycles. The highest BCUT2D eigenvalue weighted by Gasteiger charge is 2.24. The van der Waals surface area contributed by atoms with Gasteiger partial charge >= 0.3 is 0 Å². The first kappa shape index (κ1) is 22.2. The molecule has 2 aromatic carbocycles. The first-order chi connectivity index (χ1) is 13.5. The van der Waals surface area contributed by atoms with Crippen LogP contribution in [0.3, 0.4) is 0 Å². The van der Waals surface area contributed by atoms with Crippen molar-refractivity contribution in [2.24, 2.45) is 0 Å². The molecule has 6 nitrogen and oxygen atoms in total. The number of sulfonamides is 1. The predicted octanol–water partition coefficient (Wildman–Crippen LogP) is 3.68. The van der Waals surface area contributed by atoms with Crippen LogP contribution in [-0.4, -0.2) is 47.9 Å². The molecule has 2 aromatic rings. The van der Waals surface area contributed by atoms with Gasteiger partial charge in [-0.2, -0.15) is 0 Å². The highest BCUT2D eigenvalue weighted by Crippen LogP contribution is 2.30. The molecule has 0 bridgehead atoms. The van der Waals surface area contributed by atoms with Gasteiger partial charge in [-0.1, -0.05) is 30.3 Å². The molecule has 0 radical (unpaired) electrons. The summed E-state index contributed by atoms with van der Waals surface area (Å²) in [7, 11) is -3.75. The molecule has 0 aliphatic heterocycles. The second-order valence-corrected chi connectivity index (χ2v) is 7.89. The summed E-state index contributed by atoms with van der Waals surface area (Å²) in [6, 6.07) is 14.4. The second kappa shape index (κ2) is 11.0. The third kappa shape index (κ3) is 6.22. The van der Waals surface area contributed by atoms with E-state index in [1.165, 1.54) is 0 Å². The van der Waals surface area contributed by atoms with E-state index in [2.05, 4.69) is 4.72 Å². The Hall–Kier alpha value is -2.09. The Labute approximate surface area is 168 Å². The van der Waals surface area contributed by atoms with Crippen LogP contribution < -0.4 is 9.62 Å². The fraction of sp³-hybridized carbons (Fsp3) is 0.429. The number of anilines is 2. The Morgan fingerprint density at radius 1 is 0.893 bits per heavy atom. The van der Waals surface area contributed by atoms with Crippen molar-refractivity contribution in [2.45, 2.75) is 25.7 Å². The first-order valence-corrected chi connectivity index (χ1v) is 11.1.